The van der Waals surface area contributed by atoms with E-state index in [-0.39, 0.29) is 22.4 Å². The summed E-state index contributed by atoms with van der Waals surface area (Å²) in [5.41, 5.74) is 5.52. The van der Waals surface area contributed by atoms with Gasteiger partial charge in [-0.05, 0) is 17.2 Å². The molecule has 2 N–H and O–H groups in total. The second-order valence-electron chi connectivity index (χ2n) is 5.38. The minimum Gasteiger partial charge on any atom is -0.398 e. The quantitative estimate of drug-likeness (QED) is 0.570. The van der Waals surface area contributed by atoms with E-state index in [1.54, 1.807) is 0 Å². The number of alkyl halides is 4. The number of benzene rings is 2. The van der Waals surface area contributed by atoms with Gasteiger partial charge in [-0.25, -0.2) is 17.6 Å². The summed E-state index contributed by atoms with van der Waals surface area (Å²) < 4.78 is 56.9. The van der Waals surface area contributed by atoms with Crippen LogP contribution in [0.25, 0.3) is 0 Å². The van der Waals surface area contributed by atoms with Crippen LogP contribution in [0.2, 0.25) is 0 Å². The van der Waals surface area contributed by atoms with Gasteiger partial charge in [0, 0.05) is 29.7 Å². The fourth-order valence-electron chi connectivity index (χ4n) is 2.63. The van der Waals surface area contributed by atoms with Gasteiger partial charge in [-0.15, -0.1) is 0 Å². The molecule has 0 fully saturated rings. The number of nitrogens with two attached hydrogens (primary N) is 1. The van der Waals surface area contributed by atoms with Crippen LogP contribution in [0.15, 0.2) is 42.5 Å². The largest absolute Gasteiger partial charge is 0.398 e. The molecule has 4 bridgehead atoms. The lowest BCUT2D eigenvalue weighted by atomic mass is 9.92. The van der Waals surface area contributed by atoms with Gasteiger partial charge in [0.15, 0.2) is 0 Å². The van der Waals surface area contributed by atoms with Crippen molar-refractivity contribution >= 4 is 5.69 Å². The summed E-state index contributed by atoms with van der Waals surface area (Å²) in [6.45, 7) is 0. The predicted octanol–water partition coefficient (Wildman–Crippen LogP) is 4.25. The Morgan fingerprint density at radius 3 is 1.95 bits per heavy atom. The maximum absolute atomic E-state index is 14.3. The number of nitrogen functional groups attached to an aromatic ring is 1. The number of halogens is 4. The van der Waals surface area contributed by atoms with Crippen molar-refractivity contribution in [3.8, 4) is 0 Å². The van der Waals surface area contributed by atoms with E-state index in [0.717, 1.165) is 6.07 Å². The standard InChI is InChI=1S/C16H13F4N/c17-15(18)9-11-3-6-13(14(21)7-11)16(19,20)8-10-1-4-12(15)5-2-10/h1-7H,8-9,21H2. The van der Waals surface area contributed by atoms with Gasteiger partial charge in [0.05, 0.1) is 0 Å². The van der Waals surface area contributed by atoms with Crippen molar-refractivity contribution in [3.05, 3.63) is 64.7 Å². The molecule has 0 saturated carbocycles. The summed E-state index contributed by atoms with van der Waals surface area (Å²) in [6, 6.07) is 8.72. The molecule has 1 nitrogen and oxygen atoms in total. The number of hydrogen-bond acceptors (Lipinski definition) is 1. The zero-order valence-electron chi connectivity index (χ0n) is 11.0. The molecule has 21 heavy (non-hydrogen) atoms. The third-order valence-corrected chi connectivity index (χ3v) is 3.74. The maximum Gasteiger partial charge on any atom is 0.279 e. The normalized spacial score (nSPS) is 19.0. The van der Waals surface area contributed by atoms with Gasteiger partial charge >= 0.3 is 0 Å². The third-order valence-electron chi connectivity index (χ3n) is 3.74. The maximum atomic E-state index is 14.3. The van der Waals surface area contributed by atoms with E-state index in [1.807, 2.05) is 0 Å². The van der Waals surface area contributed by atoms with Crippen LogP contribution in [0.3, 0.4) is 0 Å². The molecular weight excluding hydrogens is 282 g/mol. The van der Waals surface area contributed by atoms with Crippen molar-refractivity contribution in [3.63, 3.8) is 0 Å². The van der Waals surface area contributed by atoms with Crippen molar-refractivity contribution < 1.29 is 17.6 Å². The summed E-state index contributed by atoms with van der Waals surface area (Å²) in [6.07, 6.45) is -1.13. The fraction of sp³-hybridized carbons (Fsp3) is 0.250. The molecule has 5 heteroatoms. The third kappa shape index (κ3) is 2.48. The van der Waals surface area contributed by atoms with E-state index in [1.165, 1.54) is 36.4 Å². The van der Waals surface area contributed by atoms with E-state index in [0.29, 0.717) is 5.56 Å². The van der Waals surface area contributed by atoms with Gasteiger partial charge in [-0.3, -0.25) is 0 Å². The van der Waals surface area contributed by atoms with Crippen molar-refractivity contribution in [2.75, 3.05) is 5.73 Å². The lowest BCUT2D eigenvalue weighted by molar-refractivity contribution is -0.00602. The van der Waals surface area contributed by atoms with Gasteiger partial charge < -0.3 is 5.73 Å². The van der Waals surface area contributed by atoms with E-state index in [4.69, 9.17) is 5.73 Å². The smallest absolute Gasteiger partial charge is 0.279 e. The van der Waals surface area contributed by atoms with Crippen LogP contribution in [-0.2, 0) is 24.7 Å². The minimum atomic E-state index is -3.13. The second kappa shape index (κ2) is 4.48. The zero-order valence-corrected chi connectivity index (χ0v) is 11.0. The first-order valence-electron chi connectivity index (χ1n) is 6.52. The second-order valence-corrected chi connectivity index (χ2v) is 5.38. The Hall–Kier alpha value is -2.04. The van der Waals surface area contributed by atoms with Crippen molar-refractivity contribution in [1.82, 2.24) is 0 Å². The predicted molar refractivity (Wildman–Crippen MR) is 72.5 cm³/mol. The summed E-state index contributed by atoms with van der Waals surface area (Å²) in [5, 5.41) is 0. The molecule has 110 valence electrons. The molecule has 0 atom stereocenters. The number of hydrogen-bond donors (Lipinski definition) is 1. The highest BCUT2D eigenvalue weighted by atomic mass is 19.3. The van der Waals surface area contributed by atoms with E-state index >= 15 is 0 Å². The average molecular weight is 295 g/mol. The molecule has 0 aliphatic heterocycles. The van der Waals surface area contributed by atoms with Gasteiger partial charge in [-0.1, -0.05) is 36.4 Å². The highest BCUT2D eigenvalue weighted by Gasteiger charge is 2.37. The first-order valence-corrected chi connectivity index (χ1v) is 6.52. The molecule has 0 amide bonds. The fourth-order valence-corrected chi connectivity index (χ4v) is 2.63. The van der Waals surface area contributed by atoms with Crippen LogP contribution in [0.5, 0.6) is 0 Å². The van der Waals surface area contributed by atoms with E-state index in [9.17, 15) is 17.6 Å². The Labute approximate surface area is 119 Å². The van der Waals surface area contributed by atoms with Gasteiger partial charge in [-0.2, -0.15) is 0 Å². The van der Waals surface area contributed by atoms with Crippen molar-refractivity contribution in [2.45, 2.75) is 24.7 Å². The van der Waals surface area contributed by atoms with Crippen LogP contribution >= 0.6 is 0 Å². The molecule has 4 aliphatic carbocycles. The monoisotopic (exact) mass is 295 g/mol. The summed E-state index contributed by atoms with van der Waals surface area (Å²) in [7, 11) is 0. The lowest BCUT2D eigenvalue weighted by Crippen LogP contribution is -2.22. The molecule has 6 rings (SSSR count). The van der Waals surface area contributed by atoms with E-state index < -0.39 is 24.7 Å². The van der Waals surface area contributed by atoms with Gasteiger partial charge in [0.25, 0.3) is 11.8 Å². The molecular formula is C16H13F4N. The molecule has 0 saturated heterocycles. The molecule has 2 aromatic rings. The van der Waals surface area contributed by atoms with Gasteiger partial charge in [0.1, 0.15) is 0 Å². The molecule has 2 aromatic carbocycles. The Morgan fingerprint density at radius 2 is 1.33 bits per heavy atom. The Balaban J connectivity index is 2.19. The highest BCUT2D eigenvalue weighted by molar-refractivity contribution is 5.52. The molecule has 0 unspecified atom stereocenters. The number of anilines is 1. The Kier molecular flexibility index (Phi) is 2.97. The Bertz CT molecular complexity index is 677. The SMILES string of the molecule is Nc1cc2ccc1C(F)(F)Cc1ccc(cc1)C(F)(F)C2. The number of rotatable bonds is 0. The lowest BCUT2D eigenvalue weighted by Gasteiger charge is -2.23. The van der Waals surface area contributed by atoms with Crippen LogP contribution in [-0.4, -0.2) is 0 Å². The van der Waals surface area contributed by atoms with Crippen molar-refractivity contribution in [1.29, 1.82) is 0 Å². The Morgan fingerprint density at radius 1 is 0.762 bits per heavy atom. The van der Waals surface area contributed by atoms with Gasteiger partial charge in [0.2, 0.25) is 0 Å². The summed E-state index contributed by atoms with van der Waals surface area (Å²) in [5.74, 6) is -6.19. The zero-order chi connectivity index (χ0) is 15.3. The highest BCUT2D eigenvalue weighted by Crippen LogP contribution is 2.39. The summed E-state index contributed by atoms with van der Waals surface area (Å²) in [4.78, 5) is 0. The average Bonchev–Trinajstić information content (AvgIpc) is 2.37. The molecule has 0 heterocycles. The van der Waals surface area contributed by atoms with Crippen LogP contribution < -0.4 is 5.73 Å². The molecule has 0 aromatic heterocycles. The molecule has 0 radical (unpaired) electrons. The summed E-state index contributed by atoms with van der Waals surface area (Å²) >= 11 is 0. The first-order chi connectivity index (χ1) is 9.78. The minimum absolute atomic E-state index is 0.150. The molecule has 4 aliphatic rings. The topological polar surface area (TPSA) is 26.0 Å². The van der Waals surface area contributed by atoms with Crippen LogP contribution in [0, 0.1) is 0 Å². The molecule has 0 spiro atoms. The van der Waals surface area contributed by atoms with E-state index in [2.05, 4.69) is 0 Å². The van der Waals surface area contributed by atoms with Crippen molar-refractivity contribution in [2.24, 2.45) is 0 Å². The first kappa shape index (κ1) is 13.9. The van der Waals surface area contributed by atoms with Crippen LogP contribution in [0.1, 0.15) is 22.3 Å². The van der Waals surface area contributed by atoms with Crippen LogP contribution in [0.4, 0.5) is 23.2 Å².